The molecular weight excluding hydrogens is 457 g/mol. The van der Waals surface area contributed by atoms with E-state index >= 15 is 0 Å². The second-order valence-corrected chi connectivity index (χ2v) is 6.88. The minimum absolute atomic E-state index is 0. The lowest BCUT2D eigenvalue weighted by Crippen LogP contribution is -2.34. The van der Waals surface area contributed by atoms with Gasteiger partial charge in [-0.2, -0.15) is 0 Å². The van der Waals surface area contributed by atoms with Crippen molar-refractivity contribution in [2.75, 3.05) is 19.6 Å². The van der Waals surface area contributed by atoms with Gasteiger partial charge in [0.25, 0.3) is 0 Å². The molecule has 0 unspecified atom stereocenters. The highest BCUT2D eigenvalue weighted by Crippen LogP contribution is 2.00. The number of halogens is 1. The molecule has 138 valence electrons. The fraction of sp³-hybridized carbons (Fsp3) is 0.333. The molecule has 0 saturated heterocycles. The van der Waals surface area contributed by atoms with Crippen molar-refractivity contribution < 1.29 is 12.9 Å². The molecule has 1 heterocycles. The number of sulfonamides is 1. The van der Waals surface area contributed by atoms with Gasteiger partial charge in [0.15, 0.2) is 5.96 Å². The summed E-state index contributed by atoms with van der Waals surface area (Å²) in [5, 5.41) is 6.56. The quantitative estimate of drug-likeness (QED) is 0.212. The monoisotopic (exact) mass is 479 g/mol. The number of benzene rings is 1. The Hall–Kier alpha value is -1.66. The van der Waals surface area contributed by atoms with E-state index < -0.39 is 10.0 Å². The smallest absolute Gasteiger partial charge is 0.217 e. The molecule has 0 aliphatic carbocycles. The first-order valence-corrected chi connectivity index (χ1v) is 9.15. The first-order valence-electron chi connectivity index (χ1n) is 7.49. The lowest BCUT2D eigenvalue weighted by Gasteiger charge is -2.06. The number of rotatable bonds is 9. The van der Waals surface area contributed by atoms with Gasteiger partial charge < -0.3 is 15.6 Å². The van der Waals surface area contributed by atoms with E-state index in [-0.39, 0.29) is 42.8 Å². The zero-order valence-corrected chi connectivity index (χ0v) is 16.7. The van der Waals surface area contributed by atoms with Gasteiger partial charge in [0.2, 0.25) is 10.0 Å². The summed E-state index contributed by atoms with van der Waals surface area (Å²) in [5.41, 5.74) is 7.30. The maximum atomic E-state index is 11.8. The summed E-state index contributed by atoms with van der Waals surface area (Å²) >= 11 is 0. The predicted octanol–water partition coefficient (Wildman–Crippen LogP) is 0.859. The third-order valence-electron chi connectivity index (χ3n) is 3.11. The fourth-order valence-corrected chi connectivity index (χ4v) is 3.01. The molecule has 0 aliphatic rings. The molecule has 0 amide bonds. The van der Waals surface area contributed by atoms with E-state index in [4.69, 9.17) is 5.73 Å². The average molecular weight is 479 g/mol. The van der Waals surface area contributed by atoms with Crippen molar-refractivity contribution in [3.8, 4) is 0 Å². The van der Waals surface area contributed by atoms with E-state index in [2.05, 4.69) is 24.7 Å². The van der Waals surface area contributed by atoms with Gasteiger partial charge in [-0.3, -0.25) is 4.99 Å². The van der Waals surface area contributed by atoms with E-state index in [0.29, 0.717) is 18.2 Å². The average Bonchev–Trinajstić information content (AvgIpc) is 3.05. The van der Waals surface area contributed by atoms with Crippen LogP contribution in [0.25, 0.3) is 0 Å². The van der Waals surface area contributed by atoms with Crippen molar-refractivity contribution in [2.24, 2.45) is 10.7 Å². The topological polar surface area (TPSA) is 123 Å². The highest BCUT2D eigenvalue weighted by molar-refractivity contribution is 14.0. The van der Waals surface area contributed by atoms with Gasteiger partial charge in [-0.15, -0.1) is 24.0 Å². The molecule has 0 atom stereocenters. The van der Waals surface area contributed by atoms with E-state index in [1.54, 1.807) is 0 Å². The summed E-state index contributed by atoms with van der Waals surface area (Å²) in [6, 6.07) is 11.5. The molecule has 8 nitrogen and oxygen atoms in total. The van der Waals surface area contributed by atoms with Crippen molar-refractivity contribution in [2.45, 2.75) is 12.2 Å². The maximum Gasteiger partial charge on any atom is 0.217 e. The molecule has 25 heavy (non-hydrogen) atoms. The summed E-state index contributed by atoms with van der Waals surface area (Å²) in [6.07, 6.45) is 2.17. The van der Waals surface area contributed by atoms with Crippen molar-refractivity contribution in [3.63, 3.8) is 0 Å². The Kier molecular flexibility index (Phi) is 9.45. The van der Waals surface area contributed by atoms with Gasteiger partial charge in [0, 0.05) is 19.2 Å². The summed E-state index contributed by atoms with van der Waals surface area (Å²) in [4.78, 5) is 4.08. The Bertz CT molecular complexity index is 736. The standard InChI is InChI=1S/C15H21N5O3S.HI/c16-15(17-8-6-13-4-2-1-3-5-13)18-9-10-19-24(21,22)12-14-7-11-23-20-14;/h1-5,7,11,19H,6,8-10,12H2,(H3,16,17,18);1H. The van der Waals surface area contributed by atoms with Gasteiger partial charge in [0.05, 0.1) is 12.2 Å². The van der Waals surface area contributed by atoms with E-state index in [9.17, 15) is 8.42 Å². The van der Waals surface area contributed by atoms with Crippen molar-refractivity contribution in [1.82, 2.24) is 15.2 Å². The Morgan fingerprint density at radius 2 is 1.96 bits per heavy atom. The number of nitrogens with two attached hydrogens (primary N) is 1. The number of hydrogen-bond acceptors (Lipinski definition) is 5. The first-order chi connectivity index (χ1) is 11.6. The molecular formula is C15H22IN5O3S. The minimum Gasteiger partial charge on any atom is -0.370 e. The van der Waals surface area contributed by atoms with Crippen LogP contribution in [0.4, 0.5) is 0 Å². The van der Waals surface area contributed by atoms with Crippen LogP contribution >= 0.6 is 24.0 Å². The molecule has 0 fully saturated rings. The van der Waals surface area contributed by atoms with Crippen LogP contribution in [0.1, 0.15) is 11.3 Å². The fourth-order valence-electron chi connectivity index (χ4n) is 1.97. The van der Waals surface area contributed by atoms with Gasteiger partial charge >= 0.3 is 0 Å². The molecule has 0 spiro atoms. The lowest BCUT2D eigenvalue weighted by molar-refractivity contribution is 0.413. The maximum absolute atomic E-state index is 11.8. The van der Waals surface area contributed by atoms with Gasteiger partial charge in [-0.05, 0) is 12.0 Å². The first kappa shape index (κ1) is 21.4. The number of nitrogens with zero attached hydrogens (tertiary/aromatic N) is 2. The number of nitrogens with one attached hydrogen (secondary N) is 2. The molecule has 2 aromatic rings. The highest BCUT2D eigenvalue weighted by Gasteiger charge is 2.12. The van der Waals surface area contributed by atoms with E-state index in [1.165, 1.54) is 17.9 Å². The molecule has 2 rings (SSSR count). The summed E-state index contributed by atoms with van der Waals surface area (Å²) in [7, 11) is -3.46. The summed E-state index contributed by atoms with van der Waals surface area (Å²) in [5.74, 6) is 0.0690. The number of aromatic nitrogens is 1. The minimum atomic E-state index is -3.46. The molecule has 0 saturated carbocycles. The Morgan fingerprint density at radius 3 is 2.64 bits per heavy atom. The van der Waals surface area contributed by atoms with Crippen LogP contribution in [-0.4, -0.2) is 39.2 Å². The molecule has 0 bridgehead atoms. The molecule has 0 aliphatic heterocycles. The predicted molar refractivity (Wildman–Crippen MR) is 107 cm³/mol. The highest BCUT2D eigenvalue weighted by atomic mass is 127. The van der Waals surface area contributed by atoms with Crippen LogP contribution in [0.3, 0.4) is 0 Å². The molecule has 1 aromatic carbocycles. The van der Waals surface area contributed by atoms with E-state index in [1.807, 2.05) is 30.3 Å². The zero-order valence-electron chi connectivity index (χ0n) is 13.6. The second-order valence-electron chi connectivity index (χ2n) is 5.07. The molecule has 4 N–H and O–H groups in total. The number of guanidine groups is 1. The number of hydrogen-bond donors (Lipinski definition) is 3. The van der Waals surface area contributed by atoms with Crippen LogP contribution in [0.5, 0.6) is 0 Å². The molecule has 0 radical (unpaired) electrons. The van der Waals surface area contributed by atoms with Crippen molar-refractivity contribution in [3.05, 3.63) is 53.9 Å². The summed E-state index contributed by atoms with van der Waals surface area (Å²) in [6.45, 7) is 1.08. The SMILES string of the molecule is I.NC(=NCCNS(=O)(=O)Cc1ccon1)NCCc1ccccc1. The normalized spacial score (nSPS) is 11.8. The Labute approximate surface area is 164 Å². The third kappa shape index (κ3) is 8.84. The van der Waals surface area contributed by atoms with Gasteiger partial charge in [0.1, 0.15) is 12.0 Å². The van der Waals surface area contributed by atoms with E-state index in [0.717, 1.165) is 6.42 Å². The second kappa shape index (κ2) is 11.1. The van der Waals surface area contributed by atoms with Crippen molar-refractivity contribution in [1.29, 1.82) is 0 Å². The zero-order chi connectivity index (χ0) is 17.3. The number of aliphatic imine (C=N–C) groups is 1. The van der Waals surface area contributed by atoms with Crippen LogP contribution < -0.4 is 15.8 Å². The summed E-state index contributed by atoms with van der Waals surface area (Å²) < 4.78 is 30.6. The van der Waals surface area contributed by atoms with Gasteiger partial charge in [-0.25, -0.2) is 13.1 Å². The lowest BCUT2D eigenvalue weighted by atomic mass is 10.1. The Morgan fingerprint density at radius 1 is 1.20 bits per heavy atom. The van der Waals surface area contributed by atoms with Crippen LogP contribution in [-0.2, 0) is 22.2 Å². The van der Waals surface area contributed by atoms with Crippen LogP contribution in [0.15, 0.2) is 52.2 Å². The Balaban J connectivity index is 0.00000312. The molecule has 1 aromatic heterocycles. The third-order valence-corrected chi connectivity index (χ3v) is 4.43. The molecule has 10 heteroatoms. The van der Waals surface area contributed by atoms with Gasteiger partial charge in [-0.1, -0.05) is 35.5 Å². The van der Waals surface area contributed by atoms with Crippen molar-refractivity contribution >= 4 is 40.0 Å². The van der Waals surface area contributed by atoms with Crippen LogP contribution in [0.2, 0.25) is 0 Å². The van der Waals surface area contributed by atoms with Crippen LogP contribution in [0, 0.1) is 0 Å². The largest absolute Gasteiger partial charge is 0.370 e.